The first-order chi connectivity index (χ1) is 17.9. The number of rotatable bonds is 7. The maximum absolute atomic E-state index is 13.4. The second kappa shape index (κ2) is 10.5. The van der Waals surface area contributed by atoms with Crippen molar-refractivity contribution in [1.29, 1.82) is 0 Å². The molecular weight excluding hydrogens is 513 g/mol. The van der Waals surface area contributed by atoms with Crippen molar-refractivity contribution in [3.05, 3.63) is 42.0 Å². The molecule has 2 N–H and O–H groups in total. The number of hydrogen-bond donors (Lipinski definition) is 2. The molecule has 9 unspecified atom stereocenters. The van der Waals surface area contributed by atoms with Crippen LogP contribution >= 0.6 is 0 Å². The van der Waals surface area contributed by atoms with Gasteiger partial charge in [0.15, 0.2) is 15.9 Å². The van der Waals surface area contributed by atoms with E-state index in [9.17, 15) is 31.8 Å². The second-order valence-corrected chi connectivity index (χ2v) is 14.9. The van der Waals surface area contributed by atoms with Crippen LogP contribution in [0.2, 0.25) is 0 Å². The third-order valence-electron chi connectivity index (χ3n) is 10.8. The van der Waals surface area contributed by atoms with E-state index in [-0.39, 0.29) is 28.8 Å². The van der Waals surface area contributed by atoms with Crippen molar-refractivity contribution in [3.8, 4) is 0 Å². The number of alkyl halides is 3. The summed E-state index contributed by atoms with van der Waals surface area (Å²) in [5.74, 6) is 2.63. The largest absolute Gasteiger partial charge is 0.414 e. The highest BCUT2D eigenvalue weighted by Crippen LogP contribution is 2.64. The molecule has 0 amide bonds. The Morgan fingerprint density at radius 2 is 1.79 bits per heavy atom. The van der Waals surface area contributed by atoms with Crippen LogP contribution in [0.1, 0.15) is 77.6 Å². The molecule has 4 aliphatic carbocycles. The van der Waals surface area contributed by atoms with Gasteiger partial charge in [0.2, 0.25) is 0 Å². The number of hydrogen-bond acceptors (Lipinski definition) is 4. The number of sulfone groups is 1. The van der Waals surface area contributed by atoms with Crippen LogP contribution in [0.15, 0.2) is 46.9 Å². The Labute approximate surface area is 224 Å². The molecule has 5 rings (SSSR count). The zero-order chi connectivity index (χ0) is 27.3. The Hall–Kier alpha value is -1.38. The summed E-state index contributed by atoms with van der Waals surface area (Å²) in [5, 5.41) is 18.7. The molecule has 3 fully saturated rings. The Bertz CT molecular complexity index is 1120. The van der Waals surface area contributed by atoms with Crippen LogP contribution in [-0.2, 0) is 9.84 Å². The average molecular weight is 555 g/mol. The minimum absolute atomic E-state index is 0.0118. The number of aliphatic hydroxyl groups excluding tert-OH is 2. The van der Waals surface area contributed by atoms with Gasteiger partial charge in [0, 0.05) is 0 Å². The van der Waals surface area contributed by atoms with Crippen molar-refractivity contribution in [2.45, 2.75) is 106 Å². The monoisotopic (exact) mass is 554 g/mol. The quantitative estimate of drug-likeness (QED) is 0.379. The van der Waals surface area contributed by atoms with Gasteiger partial charge in [0.1, 0.15) is 0 Å². The maximum atomic E-state index is 13.4. The molecule has 38 heavy (non-hydrogen) atoms. The molecule has 9 atom stereocenters. The van der Waals surface area contributed by atoms with Gasteiger partial charge < -0.3 is 10.2 Å². The van der Waals surface area contributed by atoms with Crippen molar-refractivity contribution in [1.82, 2.24) is 0 Å². The van der Waals surface area contributed by atoms with Crippen LogP contribution in [0.5, 0.6) is 0 Å². The zero-order valence-electron chi connectivity index (χ0n) is 22.1. The first kappa shape index (κ1) is 28.2. The van der Waals surface area contributed by atoms with E-state index in [4.69, 9.17) is 0 Å². The molecule has 0 aromatic heterocycles. The Morgan fingerprint density at radius 3 is 2.50 bits per heavy atom. The van der Waals surface area contributed by atoms with Crippen LogP contribution in [0.3, 0.4) is 0 Å². The van der Waals surface area contributed by atoms with Crippen molar-refractivity contribution < 1.29 is 31.8 Å². The van der Waals surface area contributed by atoms with Gasteiger partial charge >= 0.3 is 6.18 Å². The molecule has 0 radical (unpaired) electrons. The lowest BCUT2D eigenvalue weighted by Crippen LogP contribution is -2.46. The first-order valence-corrected chi connectivity index (χ1v) is 15.9. The molecule has 4 aliphatic rings. The number of fused-ring (bicyclic) bond motifs is 5. The lowest BCUT2D eigenvalue weighted by atomic mass is 9.51. The highest BCUT2D eigenvalue weighted by Gasteiger charge is 2.55. The molecule has 0 spiro atoms. The van der Waals surface area contributed by atoms with E-state index >= 15 is 0 Å². The van der Waals surface area contributed by atoms with Crippen LogP contribution < -0.4 is 0 Å². The van der Waals surface area contributed by atoms with Crippen LogP contribution in [0.4, 0.5) is 13.2 Å². The van der Waals surface area contributed by atoms with E-state index in [1.54, 1.807) is 18.2 Å². The van der Waals surface area contributed by atoms with E-state index in [0.717, 1.165) is 51.4 Å². The molecule has 0 heterocycles. The predicted octanol–water partition coefficient (Wildman–Crippen LogP) is 6.47. The summed E-state index contributed by atoms with van der Waals surface area (Å²) in [5.41, 5.74) is 1.50. The van der Waals surface area contributed by atoms with Gasteiger partial charge in [-0.3, -0.25) is 0 Å². The van der Waals surface area contributed by atoms with Gasteiger partial charge in [0.25, 0.3) is 0 Å². The summed E-state index contributed by atoms with van der Waals surface area (Å²) in [6, 6.07) is 7.66. The molecule has 3 saturated carbocycles. The van der Waals surface area contributed by atoms with E-state index < -0.39 is 33.8 Å². The van der Waals surface area contributed by atoms with Crippen molar-refractivity contribution in [3.63, 3.8) is 0 Å². The van der Waals surface area contributed by atoms with Crippen LogP contribution in [-0.4, -0.2) is 42.3 Å². The number of benzene rings is 1. The van der Waals surface area contributed by atoms with Crippen molar-refractivity contribution in [2.75, 3.05) is 0 Å². The minimum Gasteiger partial charge on any atom is -0.393 e. The number of allylic oxidation sites excluding steroid dienone is 1. The lowest BCUT2D eigenvalue weighted by molar-refractivity contribution is -0.205. The summed E-state index contributed by atoms with van der Waals surface area (Å²) >= 11 is 0. The van der Waals surface area contributed by atoms with Gasteiger partial charge in [-0.25, -0.2) is 8.42 Å². The summed E-state index contributed by atoms with van der Waals surface area (Å²) in [7, 11) is -4.02. The fourth-order valence-electron chi connectivity index (χ4n) is 8.80. The van der Waals surface area contributed by atoms with Crippen molar-refractivity contribution in [2.24, 2.45) is 35.0 Å². The maximum Gasteiger partial charge on any atom is 0.414 e. The Balaban J connectivity index is 1.32. The summed E-state index contributed by atoms with van der Waals surface area (Å²) in [6.45, 7) is 2.33. The van der Waals surface area contributed by atoms with Crippen LogP contribution in [0, 0.1) is 35.0 Å². The highest BCUT2D eigenvalue weighted by atomic mass is 32.2. The highest BCUT2D eigenvalue weighted by molar-refractivity contribution is 7.92. The van der Waals surface area contributed by atoms with E-state index in [2.05, 4.69) is 13.0 Å². The Morgan fingerprint density at radius 1 is 1.05 bits per heavy atom. The van der Waals surface area contributed by atoms with E-state index in [1.165, 1.54) is 17.7 Å². The molecule has 4 nitrogen and oxygen atoms in total. The zero-order valence-corrected chi connectivity index (χ0v) is 22.9. The first-order valence-electron chi connectivity index (χ1n) is 14.3. The van der Waals surface area contributed by atoms with Crippen molar-refractivity contribution >= 4 is 9.84 Å². The third-order valence-corrected chi connectivity index (χ3v) is 13.1. The lowest BCUT2D eigenvalue weighted by Gasteiger charge is -2.54. The molecule has 0 saturated heterocycles. The van der Waals surface area contributed by atoms with Gasteiger partial charge in [-0.1, -0.05) is 36.8 Å². The molecule has 0 aliphatic heterocycles. The SMILES string of the molecule is CC12CCC3C4CCC(O)CC4=CCC3C1CCC2CCC(CC(O)C(F)(F)F)S(=O)(=O)c1ccccc1. The molecule has 212 valence electrons. The summed E-state index contributed by atoms with van der Waals surface area (Å²) in [6.07, 6.45) is 2.54. The smallest absolute Gasteiger partial charge is 0.393 e. The fraction of sp³-hybridized carbons (Fsp3) is 0.733. The normalized spacial score (nSPS) is 36.9. The van der Waals surface area contributed by atoms with Gasteiger partial charge in [0.05, 0.1) is 16.2 Å². The molecule has 8 heteroatoms. The summed E-state index contributed by atoms with van der Waals surface area (Å²) < 4.78 is 66.6. The fourth-order valence-corrected chi connectivity index (χ4v) is 10.6. The minimum atomic E-state index is -4.85. The average Bonchev–Trinajstić information content (AvgIpc) is 3.22. The van der Waals surface area contributed by atoms with Gasteiger partial charge in [-0.15, -0.1) is 0 Å². The number of halogens is 3. The van der Waals surface area contributed by atoms with E-state index in [1.807, 2.05) is 0 Å². The van der Waals surface area contributed by atoms with Gasteiger partial charge in [-0.2, -0.15) is 13.2 Å². The van der Waals surface area contributed by atoms with Crippen LogP contribution in [0.25, 0.3) is 0 Å². The third kappa shape index (κ3) is 5.22. The molecule has 1 aromatic carbocycles. The molecule has 1 aromatic rings. The topological polar surface area (TPSA) is 74.6 Å². The van der Waals surface area contributed by atoms with Gasteiger partial charge in [-0.05, 0) is 118 Å². The standard InChI is InChI=1S/C30H41F3O4S/c1-29-16-15-25-24-13-10-21(34)17-19(24)7-12-26(25)27(29)14-9-20(29)8-11-23(18-28(35)30(31,32)33)38(36,37)22-5-3-2-4-6-22/h2-7,20-21,23-28,34-35H,8-18H2,1H3. The van der Waals surface area contributed by atoms with E-state index in [0.29, 0.717) is 30.1 Å². The second-order valence-electron chi connectivity index (χ2n) is 12.7. The molecule has 0 bridgehead atoms. The predicted molar refractivity (Wildman–Crippen MR) is 140 cm³/mol. The number of aliphatic hydroxyl groups is 2. The summed E-state index contributed by atoms with van der Waals surface area (Å²) in [4.78, 5) is 0.0118. The Kier molecular flexibility index (Phi) is 7.82. The molecular formula is C30H41F3O4S.